The molecule has 0 saturated heterocycles. The molecule has 2 aromatic heterocycles. The smallest absolute Gasteiger partial charge is 0.266 e. The average Bonchev–Trinajstić information content (AvgIpc) is 2.75. The minimum Gasteiger partial charge on any atom is -0.266 e. The van der Waals surface area contributed by atoms with Crippen LogP contribution in [0.5, 0.6) is 0 Å². The Morgan fingerprint density at radius 3 is 2.93 bits per heavy atom. The quantitative estimate of drug-likeness (QED) is 0.786. The topological polar surface area (TPSA) is 30.7 Å². The molecule has 14 heavy (non-hydrogen) atoms. The molecule has 0 aliphatic heterocycles. The predicted molar refractivity (Wildman–Crippen MR) is 48.4 cm³/mol. The average molecular weight is 215 g/mol. The van der Waals surface area contributed by atoms with E-state index in [-0.39, 0.29) is 5.69 Å². The highest BCUT2D eigenvalue weighted by molar-refractivity contribution is 7.09. The van der Waals surface area contributed by atoms with Gasteiger partial charge in [-0.3, -0.25) is 4.68 Å². The van der Waals surface area contributed by atoms with E-state index >= 15 is 0 Å². The number of aromatic nitrogens is 3. The first kappa shape index (κ1) is 9.26. The zero-order valence-corrected chi connectivity index (χ0v) is 7.92. The second-order valence-corrected chi connectivity index (χ2v) is 3.61. The maximum absolute atomic E-state index is 12.2. The number of nitrogens with zero attached hydrogens (tertiary/aromatic N) is 3. The summed E-state index contributed by atoms with van der Waals surface area (Å²) < 4.78 is 26.0. The van der Waals surface area contributed by atoms with Crippen LogP contribution in [0.2, 0.25) is 0 Å². The van der Waals surface area contributed by atoms with Crippen LogP contribution in [0.1, 0.15) is 17.1 Å². The summed E-state index contributed by atoms with van der Waals surface area (Å²) in [7, 11) is 0. The van der Waals surface area contributed by atoms with E-state index in [1.54, 1.807) is 23.1 Å². The Hall–Kier alpha value is -1.30. The van der Waals surface area contributed by atoms with Crippen LogP contribution in [0.4, 0.5) is 8.78 Å². The van der Waals surface area contributed by atoms with Crippen molar-refractivity contribution in [1.82, 2.24) is 14.8 Å². The lowest BCUT2D eigenvalue weighted by atomic mass is 10.5. The summed E-state index contributed by atoms with van der Waals surface area (Å²) in [6.45, 7) is 0.449. The summed E-state index contributed by atoms with van der Waals surface area (Å²) in [5, 5.41) is 5.98. The Morgan fingerprint density at radius 2 is 2.36 bits per heavy atom. The fraction of sp³-hybridized carbons (Fsp3) is 0.250. The molecule has 0 unspecified atom stereocenters. The molecule has 0 amide bonds. The van der Waals surface area contributed by atoms with E-state index in [1.807, 2.05) is 0 Å². The lowest BCUT2D eigenvalue weighted by Gasteiger charge is -1.95. The second-order valence-electron chi connectivity index (χ2n) is 2.67. The van der Waals surface area contributed by atoms with E-state index in [4.69, 9.17) is 0 Å². The molecular formula is C8H7F2N3S. The Morgan fingerprint density at radius 1 is 1.50 bits per heavy atom. The number of rotatable bonds is 3. The predicted octanol–water partition coefficient (Wildman–Crippen LogP) is 2.33. The van der Waals surface area contributed by atoms with Crippen LogP contribution in [0.3, 0.4) is 0 Å². The fourth-order valence-corrected chi connectivity index (χ4v) is 1.81. The highest BCUT2D eigenvalue weighted by Gasteiger charge is 2.11. The van der Waals surface area contributed by atoms with Crippen molar-refractivity contribution < 1.29 is 8.78 Å². The first-order valence-electron chi connectivity index (χ1n) is 3.95. The third-order valence-corrected chi connectivity index (χ3v) is 2.50. The van der Waals surface area contributed by atoms with Gasteiger partial charge in [0.05, 0.1) is 6.54 Å². The largest absolute Gasteiger partial charge is 0.281 e. The molecule has 0 N–H and O–H groups in total. The van der Waals surface area contributed by atoms with Crippen molar-refractivity contribution >= 4 is 11.3 Å². The van der Waals surface area contributed by atoms with Gasteiger partial charge in [-0.2, -0.15) is 5.10 Å². The second kappa shape index (κ2) is 3.83. The molecule has 0 aliphatic carbocycles. The summed E-state index contributed by atoms with van der Waals surface area (Å²) in [6.07, 6.45) is 0.920. The van der Waals surface area contributed by atoms with Crippen molar-refractivity contribution in [2.75, 3.05) is 0 Å². The van der Waals surface area contributed by atoms with Gasteiger partial charge in [0, 0.05) is 17.8 Å². The maximum Gasteiger partial charge on any atom is 0.281 e. The van der Waals surface area contributed by atoms with Crippen molar-refractivity contribution in [1.29, 1.82) is 0 Å². The standard InChI is InChI=1S/C8H7F2N3S/c9-8(10)6-5-14-7(12-6)4-13-3-1-2-11-13/h1-3,5,8H,4H2. The van der Waals surface area contributed by atoms with Crippen LogP contribution >= 0.6 is 11.3 Å². The number of halogens is 2. The monoisotopic (exact) mass is 215 g/mol. The number of alkyl halides is 2. The molecule has 0 saturated carbocycles. The van der Waals surface area contributed by atoms with Crippen molar-refractivity contribution in [3.05, 3.63) is 34.5 Å². The van der Waals surface area contributed by atoms with Gasteiger partial charge in [-0.1, -0.05) is 0 Å². The van der Waals surface area contributed by atoms with Crippen LogP contribution < -0.4 is 0 Å². The Bertz CT molecular complexity index is 396. The summed E-state index contributed by atoms with van der Waals surface area (Å²) in [4.78, 5) is 3.79. The Kier molecular flexibility index (Phi) is 2.53. The normalized spacial score (nSPS) is 11.1. The minimum atomic E-state index is -2.49. The van der Waals surface area contributed by atoms with Crippen LogP contribution in [0, 0.1) is 0 Å². The zero-order valence-electron chi connectivity index (χ0n) is 7.10. The van der Waals surface area contributed by atoms with Gasteiger partial charge in [-0.25, -0.2) is 13.8 Å². The van der Waals surface area contributed by atoms with Crippen LogP contribution in [0.15, 0.2) is 23.8 Å². The summed E-state index contributed by atoms with van der Waals surface area (Å²) in [5.74, 6) is 0. The Balaban J connectivity index is 2.11. The zero-order chi connectivity index (χ0) is 9.97. The van der Waals surface area contributed by atoms with Gasteiger partial charge in [-0.15, -0.1) is 11.3 Å². The minimum absolute atomic E-state index is 0.155. The van der Waals surface area contributed by atoms with Gasteiger partial charge in [0.25, 0.3) is 6.43 Å². The highest BCUT2D eigenvalue weighted by Crippen LogP contribution is 2.21. The van der Waals surface area contributed by atoms with Crippen molar-refractivity contribution in [3.8, 4) is 0 Å². The third-order valence-electron chi connectivity index (χ3n) is 1.65. The first-order valence-corrected chi connectivity index (χ1v) is 4.83. The van der Waals surface area contributed by atoms with Crippen molar-refractivity contribution in [2.45, 2.75) is 13.0 Å². The maximum atomic E-state index is 12.2. The van der Waals surface area contributed by atoms with Crippen LogP contribution in [-0.4, -0.2) is 14.8 Å². The lowest BCUT2D eigenvalue weighted by molar-refractivity contribution is 0.146. The van der Waals surface area contributed by atoms with Gasteiger partial charge in [0.15, 0.2) is 0 Å². The molecule has 0 bridgehead atoms. The highest BCUT2D eigenvalue weighted by atomic mass is 32.1. The molecule has 2 heterocycles. The number of hydrogen-bond acceptors (Lipinski definition) is 3. The molecule has 74 valence electrons. The van der Waals surface area contributed by atoms with E-state index in [9.17, 15) is 8.78 Å². The SMILES string of the molecule is FC(F)c1csc(Cn2cccn2)n1. The summed E-state index contributed by atoms with van der Waals surface area (Å²) in [6, 6.07) is 1.78. The van der Waals surface area contributed by atoms with Gasteiger partial charge in [-0.05, 0) is 6.07 Å². The molecule has 3 nitrogen and oxygen atoms in total. The fourth-order valence-electron chi connectivity index (χ4n) is 1.03. The third kappa shape index (κ3) is 1.95. The molecule has 6 heteroatoms. The van der Waals surface area contributed by atoms with E-state index in [1.165, 1.54) is 16.7 Å². The number of hydrogen-bond donors (Lipinski definition) is 0. The molecule has 2 rings (SSSR count). The molecule has 0 atom stereocenters. The molecule has 0 spiro atoms. The molecular weight excluding hydrogens is 208 g/mol. The van der Waals surface area contributed by atoms with Crippen LogP contribution in [-0.2, 0) is 6.54 Å². The first-order chi connectivity index (χ1) is 6.75. The molecule has 2 aromatic rings. The molecule has 0 fully saturated rings. The molecule has 0 aliphatic rings. The van der Waals surface area contributed by atoms with Gasteiger partial charge >= 0.3 is 0 Å². The van der Waals surface area contributed by atoms with Crippen molar-refractivity contribution in [3.63, 3.8) is 0 Å². The molecule has 0 radical (unpaired) electrons. The molecule has 0 aromatic carbocycles. The van der Waals surface area contributed by atoms with Crippen LogP contribution in [0.25, 0.3) is 0 Å². The van der Waals surface area contributed by atoms with Gasteiger partial charge in [0.1, 0.15) is 10.7 Å². The van der Waals surface area contributed by atoms with Gasteiger partial charge in [0.2, 0.25) is 0 Å². The van der Waals surface area contributed by atoms with E-state index in [0.29, 0.717) is 11.6 Å². The van der Waals surface area contributed by atoms with E-state index in [0.717, 1.165) is 0 Å². The van der Waals surface area contributed by atoms with Crippen molar-refractivity contribution in [2.24, 2.45) is 0 Å². The Labute approximate surface area is 83.0 Å². The lowest BCUT2D eigenvalue weighted by Crippen LogP contribution is -1.99. The number of thiazole rings is 1. The van der Waals surface area contributed by atoms with E-state index in [2.05, 4.69) is 10.1 Å². The summed E-state index contributed by atoms with van der Waals surface area (Å²) >= 11 is 1.22. The van der Waals surface area contributed by atoms with Gasteiger partial charge < -0.3 is 0 Å². The summed E-state index contributed by atoms with van der Waals surface area (Å²) in [5.41, 5.74) is -0.155. The van der Waals surface area contributed by atoms with E-state index < -0.39 is 6.43 Å².